The second kappa shape index (κ2) is 9.38. The lowest BCUT2D eigenvalue weighted by atomic mass is 9.97. The number of hydrogen-bond acceptors (Lipinski definition) is 6. The van der Waals surface area contributed by atoms with Crippen LogP contribution in [0.25, 0.3) is 0 Å². The number of carbonyl (C=O) groups excluding carboxylic acids is 2. The van der Waals surface area contributed by atoms with Crippen LogP contribution in [0.3, 0.4) is 0 Å². The molecule has 3 rings (SSSR count). The number of nitrogens with one attached hydrogen (secondary N) is 1. The van der Waals surface area contributed by atoms with E-state index in [4.69, 9.17) is 10.5 Å². The standard InChI is InChI=1S/C20H22F2N4O4/c1-29-16-9-12(4-6-15(16)30-20(21)22)19(28)25-14-5-7-17(24-10-14)26-8-2-3-13(11-26)18(23)27/h4-7,9-10,13,20H,2-3,8,11H2,1H3,(H2,23,27)(H,25,28). The summed E-state index contributed by atoms with van der Waals surface area (Å²) in [5, 5.41) is 2.69. The maximum absolute atomic E-state index is 12.5. The molecule has 0 aliphatic carbocycles. The minimum atomic E-state index is -3.00. The van der Waals surface area contributed by atoms with Gasteiger partial charge in [-0.25, -0.2) is 4.98 Å². The predicted octanol–water partition coefficient (Wildman–Crippen LogP) is 2.65. The largest absolute Gasteiger partial charge is 0.493 e. The number of anilines is 2. The molecule has 1 fully saturated rings. The van der Waals surface area contributed by atoms with Gasteiger partial charge in [-0.1, -0.05) is 0 Å². The smallest absolute Gasteiger partial charge is 0.387 e. The number of benzene rings is 1. The Morgan fingerprint density at radius 3 is 2.70 bits per heavy atom. The number of nitrogens with two attached hydrogens (primary N) is 1. The Morgan fingerprint density at radius 2 is 2.07 bits per heavy atom. The molecule has 3 N–H and O–H groups in total. The van der Waals surface area contributed by atoms with Crippen LogP contribution in [0, 0.1) is 5.92 Å². The maximum atomic E-state index is 12.5. The van der Waals surface area contributed by atoms with Gasteiger partial charge in [0.1, 0.15) is 5.82 Å². The summed E-state index contributed by atoms with van der Waals surface area (Å²) < 4.78 is 34.2. The van der Waals surface area contributed by atoms with E-state index in [1.807, 2.05) is 4.90 Å². The fraction of sp³-hybridized carbons (Fsp3) is 0.350. The van der Waals surface area contributed by atoms with Gasteiger partial charge in [0.15, 0.2) is 11.5 Å². The molecule has 1 atom stereocenters. The molecule has 160 valence electrons. The Labute approximate surface area is 172 Å². The SMILES string of the molecule is COc1cc(C(=O)Nc2ccc(N3CCCC(C(N)=O)C3)nc2)ccc1OC(F)F. The van der Waals surface area contributed by atoms with Crippen molar-refractivity contribution < 1.29 is 27.8 Å². The summed E-state index contributed by atoms with van der Waals surface area (Å²) in [7, 11) is 1.29. The second-order valence-corrected chi connectivity index (χ2v) is 6.79. The van der Waals surface area contributed by atoms with Crippen LogP contribution in [0.1, 0.15) is 23.2 Å². The molecule has 2 amide bonds. The molecule has 0 spiro atoms. The van der Waals surface area contributed by atoms with Gasteiger partial charge >= 0.3 is 6.61 Å². The number of carbonyl (C=O) groups is 2. The molecule has 0 radical (unpaired) electrons. The summed E-state index contributed by atoms with van der Waals surface area (Å²) >= 11 is 0. The molecular weight excluding hydrogens is 398 g/mol. The van der Waals surface area contributed by atoms with E-state index in [0.717, 1.165) is 19.4 Å². The van der Waals surface area contributed by atoms with Gasteiger partial charge in [-0.2, -0.15) is 8.78 Å². The number of alkyl halides is 2. The van der Waals surface area contributed by atoms with Gasteiger partial charge in [-0.15, -0.1) is 0 Å². The van der Waals surface area contributed by atoms with Crippen LogP contribution in [-0.2, 0) is 4.79 Å². The first kappa shape index (κ1) is 21.3. The van der Waals surface area contributed by atoms with Gasteiger partial charge in [-0.05, 0) is 43.2 Å². The van der Waals surface area contributed by atoms with E-state index in [1.165, 1.54) is 31.5 Å². The Balaban J connectivity index is 1.66. The van der Waals surface area contributed by atoms with Crippen molar-refractivity contribution in [1.29, 1.82) is 0 Å². The normalized spacial score (nSPS) is 16.3. The van der Waals surface area contributed by atoms with Crippen molar-refractivity contribution >= 4 is 23.3 Å². The highest BCUT2D eigenvalue weighted by Crippen LogP contribution is 2.30. The van der Waals surface area contributed by atoms with Gasteiger partial charge in [0.05, 0.1) is 24.9 Å². The minimum absolute atomic E-state index is 0.0190. The molecular formula is C20H22F2N4O4. The lowest BCUT2D eigenvalue weighted by Gasteiger charge is -2.32. The molecule has 0 bridgehead atoms. The van der Waals surface area contributed by atoms with Crippen LogP contribution in [0.2, 0.25) is 0 Å². The van der Waals surface area contributed by atoms with Crippen molar-refractivity contribution in [2.75, 3.05) is 30.4 Å². The topological polar surface area (TPSA) is 107 Å². The molecule has 1 saturated heterocycles. The van der Waals surface area contributed by atoms with Crippen molar-refractivity contribution in [2.24, 2.45) is 11.7 Å². The predicted molar refractivity (Wildman–Crippen MR) is 106 cm³/mol. The van der Waals surface area contributed by atoms with Gasteiger partial charge in [0.25, 0.3) is 5.91 Å². The van der Waals surface area contributed by atoms with E-state index in [-0.39, 0.29) is 28.9 Å². The van der Waals surface area contributed by atoms with Crippen LogP contribution in [0.4, 0.5) is 20.3 Å². The zero-order chi connectivity index (χ0) is 21.7. The number of rotatable bonds is 7. The number of amides is 2. The highest BCUT2D eigenvalue weighted by atomic mass is 19.3. The molecule has 10 heteroatoms. The van der Waals surface area contributed by atoms with Crippen LogP contribution < -0.4 is 25.4 Å². The lowest BCUT2D eigenvalue weighted by molar-refractivity contribution is -0.122. The van der Waals surface area contributed by atoms with Crippen molar-refractivity contribution in [3.8, 4) is 11.5 Å². The Kier molecular flexibility index (Phi) is 6.65. The third kappa shape index (κ3) is 5.13. The number of aromatic nitrogens is 1. The first-order valence-corrected chi connectivity index (χ1v) is 9.32. The summed E-state index contributed by atoms with van der Waals surface area (Å²) in [4.78, 5) is 30.2. The first-order chi connectivity index (χ1) is 14.4. The van der Waals surface area contributed by atoms with Crippen LogP contribution in [-0.4, -0.2) is 43.6 Å². The summed E-state index contributed by atoms with van der Waals surface area (Å²) in [5.74, 6) is -0.431. The highest BCUT2D eigenvalue weighted by molar-refractivity contribution is 6.04. The Hall–Kier alpha value is -3.43. The average Bonchev–Trinajstić information content (AvgIpc) is 2.74. The molecule has 0 saturated carbocycles. The number of piperidine rings is 1. The lowest BCUT2D eigenvalue weighted by Crippen LogP contribution is -2.41. The Bertz CT molecular complexity index is 908. The van der Waals surface area contributed by atoms with Crippen LogP contribution in [0.5, 0.6) is 11.5 Å². The zero-order valence-corrected chi connectivity index (χ0v) is 16.3. The summed E-state index contributed by atoms with van der Waals surface area (Å²) in [6, 6.07) is 7.35. The number of hydrogen-bond donors (Lipinski definition) is 2. The van der Waals surface area contributed by atoms with E-state index < -0.39 is 12.5 Å². The molecule has 2 heterocycles. The maximum Gasteiger partial charge on any atom is 0.387 e. The minimum Gasteiger partial charge on any atom is -0.493 e. The quantitative estimate of drug-likeness (QED) is 0.713. The van der Waals surface area contributed by atoms with Gasteiger partial charge in [-0.3, -0.25) is 9.59 Å². The van der Waals surface area contributed by atoms with E-state index >= 15 is 0 Å². The summed E-state index contributed by atoms with van der Waals surface area (Å²) in [6.45, 7) is -1.71. The second-order valence-electron chi connectivity index (χ2n) is 6.79. The number of ether oxygens (including phenoxy) is 2. The van der Waals surface area contributed by atoms with Gasteiger partial charge in [0, 0.05) is 18.7 Å². The molecule has 1 aliphatic rings. The van der Waals surface area contributed by atoms with Gasteiger partial charge in [0.2, 0.25) is 5.91 Å². The molecule has 1 aromatic heterocycles. The number of primary amides is 1. The van der Waals surface area contributed by atoms with Crippen molar-refractivity contribution in [3.05, 3.63) is 42.1 Å². The van der Waals surface area contributed by atoms with Crippen molar-refractivity contribution in [2.45, 2.75) is 19.5 Å². The fourth-order valence-corrected chi connectivity index (χ4v) is 3.27. The Morgan fingerprint density at radius 1 is 1.27 bits per heavy atom. The highest BCUT2D eigenvalue weighted by Gasteiger charge is 2.24. The van der Waals surface area contributed by atoms with E-state index in [2.05, 4.69) is 15.0 Å². The van der Waals surface area contributed by atoms with E-state index in [1.54, 1.807) is 12.1 Å². The van der Waals surface area contributed by atoms with E-state index in [9.17, 15) is 18.4 Å². The molecule has 1 aromatic carbocycles. The summed E-state index contributed by atoms with van der Waals surface area (Å²) in [6.07, 6.45) is 3.12. The number of methoxy groups -OCH3 is 1. The monoisotopic (exact) mass is 420 g/mol. The van der Waals surface area contributed by atoms with Crippen molar-refractivity contribution in [1.82, 2.24) is 4.98 Å². The third-order valence-corrected chi connectivity index (χ3v) is 4.80. The van der Waals surface area contributed by atoms with Crippen LogP contribution in [0.15, 0.2) is 36.5 Å². The number of nitrogens with zero attached hydrogens (tertiary/aromatic N) is 2. The zero-order valence-electron chi connectivity index (χ0n) is 16.3. The first-order valence-electron chi connectivity index (χ1n) is 9.32. The third-order valence-electron chi connectivity index (χ3n) is 4.80. The number of halogens is 2. The summed E-state index contributed by atoms with van der Waals surface area (Å²) in [5.41, 5.74) is 6.07. The van der Waals surface area contributed by atoms with Crippen LogP contribution >= 0.6 is 0 Å². The average molecular weight is 420 g/mol. The van der Waals surface area contributed by atoms with Gasteiger partial charge < -0.3 is 25.4 Å². The molecule has 8 nitrogen and oxygen atoms in total. The molecule has 1 unspecified atom stereocenters. The molecule has 1 aliphatic heterocycles. The number of pyridine rings is 1. The molecule has 2 aromatic rings. The van der Waals surface area contributed by atoms with Crippen molar-refractivity contribution in [3.63, 3.8) is 0 Å². The van der Waals surface area contributed by atoms with E-state index in [0.29, 0.717) is 18.1 Å². The fourth-order valence-electron chi connectivity index (χ4n) is 3.27. The molecule has 30 heavy (non-hydrogen) atoms.